The van der Waals surface area contributed by atoms with Crippen molar-refractivity contribution in [2.45, 2.75) is 17.7 Å². The van der Waals surface area contributed by atoms with Gasteiger partial charge in [-0.15, -0.1) is 0 Å². The third-order valence-corrected chi connectivity index (χ3v) is 5.15. The van der Waals surface area contributed by atoms with Crippen molar-refractivity contribution in [3.63, 3.8) is 0 Å². The molecule has 1 aliphatic rings. The molecule has 28 heavy (non-hydrogen) atoms. The van der Waals surface area contributed by atoms with Crippen LogP contribution < -0.4 is 10.0 Å². The Morgan fingerprint density at radius 2 is 2.21 bits per heavy atom. The highest BCUT2D eigenvalue weighted by molar-refractivity contribution is 7.98. The summed E-state index contributed by atoms with van der Waals surface area (Å²) in [7, 11) is 0. The number of amidine groups is 1. The van der Waals surface area contributed by atoms with E-state index in [1.54, 1.807) is 24.4 Å². The molecular formula is C20H18N4O3S. The van der Waals surface area contributed by atoms with E-state index in [1.807, 2.05) is 31.2 Å². The fourth-order valence-corrected chi connectivity index (χ4v) is 3.72. The normalized spacial score (nSPS) is 13.8. The number of nitrogens with zero attached hydrogens (tertiary/aromatic N) is 2. The van der Waals surface area contributed by atoms with Gasteiger partial charge >= 0.3 is 0 Å². The summed E-state index contributed by atoms with van der Waals surface area (Å²) < 4.78 is 8.42. The Kier molecular flexibility index (Phi) is 5.03. The predicted octanol–water partition coefficient (Wildman–Crippen LogP) is 3.28. The van der Waals surface area contributed by atoms with Crippen LogP contribution in [0.25, 0.3) is 0 Å². The zero-order valence-corrected chi connectivity index (χ0v) is 15.9. The number of rotatable bonds is 5. The smallest absolute Gasteiger partial charge is 0.287 e. The van der Waals surface area contributed by atoms with Crippen LogP contribution in [-0.4, -0.2) is 28.4 Å². The van der Waals surface area contributed by atoms with Gasteiger partial charge in [-0.25, -0.2) is 9.98 Å². The molecule has 1 atom stereocenters. The molecule has 0 fully saturated rings. The quantitative estimate of drug-likeness (QED) is 0.575. The van der Waals surface area contributed by atoms with E-state index in [-0.39, 0.29) is 30.0 Å². The van der Waals surface area contributed by atoms with Crippen molar-refractivity contribution in [1.82, 2.24) is 15.0 Å². The lowest BCUT2D eigenvalue weighted by Crippen LogP contribution is -2.40. The number of benzene rings is 2. The largest absolute Gasteiger partial charge is 0.508 e. The Morgan fingerprint density at radius 3 is 3.00 bits per heavy atom. The van der Waals surface area contributed by atoms with Crippen LogP contribution in [0.3, 0.4) is 0 Å². The summed E-state index contributed by atoms with van der Waals surface area (Å²) in [5.74, 6) is 0.179. The first kappa shape index (κ1) is 18.1. The molecule has 0 aliphatic carbocycles. The van der Waals surface area contributed by atoms with E-state index in [4.69, 9.17) is 4.42 Å². The van der Waals surface area contributed by atoms with Gasteiger partial charge in [0.05, 0.1) is 22.7 Å². The molecule has 1 aliphatic heterocycles. The van der Waals surface area contributed by atoms with Crippen molar-refractivity contribution in [2.75, 3.05) is 6.54 Å². The molecule has 4 rings (SSSR count). The number of carbonyl (C=O) groups excluding carboxylic acids is 1. The monoisotopic (exact) mass is 394 g/mol. The van der Waals surface area contributed by atoms with E-state index in [2.05, 4.69) is 20.0 Å². The lowest BCUT2D eigenvalue weighted by molar-refractivity contribution is -0.115. The Balaban J connectivity index is 1.51. The van der Waals surface area contributed by atoms with Gasteiger partial charge in [0.25, 0.3) is 5.91 Å². The summed E-state index contributed by atoms with van der Waals surface area (Å²) in [6.07, 6.45) is 3.03. The lowest BCUT2D eigenvalue weighted by Gasteiger charge is -2.18. The highest BCUT2D eigenvalue weighted by Crippen LogP contribution is 2.32. The molecule has 8 heteroatoms. The van der Waals surface area contributed by atoms with Crippen molar-refractivity contribution in [3.8, 4) is 5.75 Å². The number of aromatic nitrogens is 1. The number of aromatic hydroxyl groups is 1. The first-order valence-corrected chi connectivity index (χ1v) is 9.50. The average Bonchev–Trinajstić information content (AvgIpc) is 3.22. The molecule has 1 aromatic heterocycles. The number of oxazole rings is 1. The molecular weight excluding hydrogens is 376 g/mol. The fourth-order valence-electron chi connectivity index (χ4n) is 2.91. The number of aryl methyl sites for hydroxylation is 1. The van der Waals surface area contributed by atoms with Gasteiger partial charge < -0.3 is 19.6 Å². The Morgan fingerprint density at radius 1 is 1.32 bits per heavy atom. The van der Waals surface area contributed by atoms with Crippen LogP contribution in [0.15, 0.2) is 69.2 Å². The van der Waals surface area contributed by atoms with E-state index in [1.165, 1.54) is 18.2 Å². The number of hydrogen-bond acceptors (Lipinski definition) is 7. The number of aliphatic imine (C=N–C) groups is 1. The van der Waals surface area contributed by atoms with Gasteiger partial charge in [0.15, 0.2) is 0 Å². The van der Waals surface area contributed by atoms with Crippen molar-refractivity contribution >= 4 is 29.4 Å². The molecule has 3 N–H and O–H groups in total. The van der Waals surface area contributed by atoms with E-state index in [9.17, 15) is 9.90 Å². The zero-order chi connectivity index (χ0) is 19.5. The lowest BCUT2D eigenvalue weighted by atomic mass is 9.98. The SMILES string of the molecule is Cc1ccc2c(c1)SNC(C(=O)NCC(c1cccc(O)c1)c1ncco1)=N2. The standard InChI is InChI=1S/C20H18N4O3S/c1-12-5-6-16-17(9-12)28-24-18(23-16)19(26)22-11-15(20-21-7-8-27-20)13-3-2-4-14(25)10-13/h2-10,15,25H,11H2,1H3,(H,22,26)(H,23,24). The van der Waals surface area contributed by atoms with Crippen LogP contribution in [0.1, 0.15) is 22.9 Å². The third-order valence-electron chi connectivity index (χ3n) is 4.31. The molecule has 0 bridgehead atoms. The van der Waals surface area contributed by atoms with E-state index in [0.717, 1.165) is 21.7 Å². The summed E-state index contributed by atoms with van der Waals surface area (Å²) in [6.45, 7) is 2.26. The highest BCUT2D eigenvalue weighted by atomic mass is 32.2. The van der Waals surface area contributed by atoms with Crippen LogP contribution in [0.4, 0.5) is 5.69 Å². The number of hydrogen-bond donors (Lipinski definition) is 3. The topological polar surface area (TPSA) is 99.8 Å². The van der Waals surface area contributed by atoms with Crippen molar-refractivity contribution in [1.29, 1.82) is 0 Å². The van der Waals surface area contributed by atoms with Crippen LogP contribution in [0.2, 0.25) is 0 Å². The van der Waals surface area contributed by atoms with Gasteiger partial charge in [-0.3, -0.25) is 4.79 Å². The molecule has 7 nitrogen and oxygen atoms in total. The Bertz CT molecular complexity index is 1030. The van der Waals surface area contributed by atoms with E-state index >= 15 is 0 Å². The minimum Gasteiger partial charge on any atom is -0.508 e. The van der Waals surface area contributed by atoms with E-state index in [0.29, 0.717) is 5.89 Å². The van der Waals surface area contributed by atoms with Gasteiger partial charge in [-0.05, 0) is 54.3 Å². The number of carbonyl (C=O) groups is 1. The molecule has 0 radical (unpaired) electrons. The second-order valence-corrected chi connectivity index (χ2v) is 7.21. The Labute approximate surface area is 166 Å². The molecule has 0 spiro atoms. The maximum atomic E-state index is 12.6. The number of nitrogens with one attached hydrogen (secondary N) is 2. The van der Waals surface area contributed by atoms with Crippen LogP contribution in [0.5, 0.6) is 5.75 Å². The summed E-state index contributed by atoms with van der Waals surface area (Å²) >= 11 is 1.36. The highest BCUT2D eigenvalue weighted by Gasteiger charge is 2.23. The molecule has 3 aromatic rings. The molecule has 2 heterocycles. The first-order chi connectivity index (χ1) is 13.6. The van der Waals surface area contributed by atoms with Gasteiger partial charge in [-0.2, -0.15) is 0 Å². The van der Waals surface area contributed by atoms with Crippen LogP contribution in [0, 0.1) is 6.92 Å². The second-order valence-electron chi connectivity index (χ2n) is 6.36. The summed E-state index contributed by atoms with van der Waals surface area (Å²) in [6, 6.07) is 12.7. The average molecular weight is 394 g/mol. The molecule has 0 saturated carbocycles. The molecule has 142 valence electrons. The fraction of sp³-hybridized carbons (Fsp3) is 0.150. The number of phenolic OH excluding ortho intramolecular Hbond substituents is 1. The first-order valence-electron chi connectivity index (χ1n) is 8.69. The van der Waals surface area contributed by atoms with Gasteiger partial charge in [-0.1, -0.05) is 18.2 Å². The van der Waals surface area contributed by atoms with Gasteiger partial charge in [0.1, 0.15) is 12.0 Å². The number of amides is 1. The van der Waals surface area contributed by atoms with Crippen LogP contribution >= 0.6 is 11.9 Å². The van der Waals surface area contributed by atoms with Gasteiger partial charge in [0, 0.05) is 6.54 Å². The maximum absolute atomic E-state index is 12.6. The molecule has 1 amide bonds. The summed E-state index contributed by atoms with van der Waals surface area (Å²) in [5, 5.41) is 12.7. The molecule has 1 unspecified atom stereocenters. The predicted molar refractivity (Wildman–Crippen MR) is 107 cm³/mol. The minimum atomic E-state index is -0.335. The third kappa shape index (κ3) is 3.86. The Hall–Kier alpha value is -3.26. The number of fused-ring (bicyclic) bond motifs is 1. The molecule has 0 saturated heterocycles. The summed E-state index contributed by atoms with van der Waals surface area (Å²) in [4.78, 5) is 22.2. The zero-order valence-electron chi connectivity index (χ0n) is 15.0. The van der Waals surface area contributed by atoms with Crippen molar-refractivity contribution < 1.29 is 14.3 Å². The van der Waals surface area contributed by atoms with Crippen molar-refractivity contribution in [3.05, 3.63) is 71.9 Å². The maximum Gasteiger partial charge on any atom is 0.287 e. The summed E-state index contributed by atoms with van der Waals surface area (Å²) in [5.41, 5.74) is 2.68. The second kappa shape index (κ2) is 7.77. The minimum absolute atomic E-state index is 0.141. The van der Waals surface area contributed by atoms with Crippen LogP contribution in [-0.2, 0) is 4.79 Å². The van der Waals surface area contributed by atoms with Gasteiger partial charge in [0.2, 0.25) is 11.7 Å². The van der Waals surface area contributed by atoms with E-state index < -0.39 is 0 Å². The molecule has 2 aromatic carbocycles. The van der Waals surface area contributed by atoms with Crippen molar-refractivity contribution in [2.24, 2.45) is 4.99 Å². The number of phenols is 1.